The number of nitrogens with two attached hydrogens (primary N) is 1. The van der Waals surface area contributed by atoms with Gasteiger partial charge in [0.2, 0.25) is 0 Å². The highest BCUT2D eigenvalue weighted by atomic mass is 32.2. The molecule has 1 unspecified atom stereocenters. The number of nitrogens with zero attached hydrogens (tertiary/aromatic N) is 1. The summed E-state index contributed by atoms with van der Waals surface area (Å²) < 4.78 is 5.55. The summed E-state index contributed by atoms with van der Waals surface area (Å²) in [5.41, 5.74) is 6.61. The Labute approximate surface area is 94.8 Å². The first-order valence-corrected chi connectivity index (χ1v) is 6.70. The second kappa shape index (κ2) is 5.03. The van der Waals surface area contributed by atoms with Gasteiger partial charge >= 0.3 is 0 Å². The molecule has 2 N–H and O–H groups in total. The van der Waals surface area contributed by atoms with Crippen LogP contribution in [0.1, 0.15) is 43.2 Å². The summed E-state index contributed by atoms with van der Waals surface area (Å²) in [6.45, 7) is 2.71. The highest BCUT2D eigenvalue weighted by Gasteiger charge is 2.21. The quantitative estimate of drug-likeness (QED) is 0.859. The van der Waals surface area contributed by atoms with Crippen molar-refractivity contribution in [2.24, 2.45) is 5.73 Å². The van der Waals surface area contributed by atoms with Crippen molar-refractivity contribution in [2.45, 2.75) is 31.6 Å². The van der Waals surface area contributed by atoms with Crippen molar-refractivity contribution in [3.8, 4) is 0 Å². The van der Waals surface area contributed by atoms with Gasteiger partial charge in [-0.05, 0) is 24.3 Å². The van der Waals surface area contributed by atoms with E-state index in [-0.39, 0.29) is 0 Å². The van der Waals surface area contributed by atoms with Crippen LogP contribution in [0.2, 0.25) is 0 Å². The fourth-order valence-corrected chi connectivity index (χ4v) is 2.89. The van der Waals surface area contributed by atoms with Crippen LogP contribution < -0.4 is 5.73 Å². The van der Waals surface area contributed by atoms with Gasteiger partial charge < -0.3 is 10.2 Å². The molecule has 0 saturated carbocycles. The van der Waals surface area contributed by atoms with Gasteiger partial charge in [0, 0.05) is 18.4 Å². The van der Waals surface area contributed by atoms with E-state index in [9.17, 15) is 0 Å². The highest BCUT2D eigenvalue weighted by molar-refractivity contribution is 7.99. The Hall–Kier alpha value is -0.480. The van der Waals surface area contributed by atoms with E-state index in [0.29, 0.717) is 18.4 Å². The largest absolute Gasteiger partial charge is 0.448 e. The van der Waals surface area contributed by atoms with E-state index in [2.05, 4.69) is 11.9 Å². The maximum atomic E-state index is 5.61. The van der Waals surface area contributed by atoms with Crippen LogP contribution in [0.5, 0.6) is 0 Å². The summed E-state index contributed by atoms with van der Waals surface area (Å²) in [5, 5.41) is 0. The standard InChI is InChI=1S/C11H18N2OS/c1-8(6-12)10-7-14-11(13-10)9-2-4-15-5-3-9/h7-9H,2-6,12H2,1H3. The average Bonchev–Trinajstić information content (AvgIpc) is 2.78. The molecular weight excluding hydrogens is 208 g/mol. The van der Waals surface area contributed by atoms with Crippen molar-refractivity contribution in [2.75, 3.05) is 18.1 Å². The lowest BCUT2D eigenvalue weighted by Gasteiger charge is -2.17. The molecule has 1 aliphatic heterocycles. The van der Waals surface area contributed by atoms with Crippen molar-refractivity contribution in [1.29, 1.82) is 0 Å². The molecule has 0 aromatic carbocycles. The molecule has 1 aliphatic rings. The summed E-state index contributed by atoms with van der Waals surface area (Å²) >= 11 is 2.02. The Balaban J connectivity index is 2.05. The summed E-state index contributed by atoms with van der Waals surface area (Å²) in [6.07, 6.45) is 4.16. The van der Waals surface area contributed by atoms with Gasteiger partial charge in [-0.2, -0.15) is 11.8 Å². The van der Waals surface area contributed by atoms with Crippen LogP contribution in [-0.4, -0.2) is 23.0 Å². The Morgan fingerprint density at radius 2 is 2.33 bits per heavy atom. The van der Waals surface area contributed by atoms with Crippen molar-refractivity contribution in [3.63, 3.8) is 0 Å². The lowest BCUT2D eigenvalue weighted by molar-refractivity contribution is 0.430. The number of hydrogen-bond acceptors (Lipinski definition) is 4. The molecule has 0 amide bonds. The smallest absolute Gasteiger partial charge is 0.197 e. The second-order valence-corrected chi connectivity index (χ2v) is 5.36. The number of thioether (sulfide) groups is 1. The Bertz CT molecular complexity index is 307. The van der Waals surface area contributed by atoms with Crippen LogP contribution in [0.4, 0.5) is 0 Å². The topological polar surface area (TPSA) is 52.0 Å². The Morgan fingerprint density at radius 3 is 3.00 bits per heavy atom. The molecule has 0 bridgehead atoms. The zero-order valence-corrected chi connectivity index (χ0v) is 9.93. The second-order valence-electron chi connectivity index (χ2n) is 4.13. The van der Waals surface area contributed by atoms with Crippen molar-refractivity contribution < 1.29 is 4.42 Å². The van der Waals surface area contributed by atoms with Gasteiger partial charge in [0.15, 0.2) is 5.89 Å². The summed E-state index contributed by atoms with van der Waals surface area (Å²) in [4.78, 5) is 4.55. The van der Waals surface area contributed by atoms with E-state index in [1.165, 1.54) is 24.3 Å². The lowest BCUT2D eigenvalue weighted by atomic mass is 10.0. The predicted octanol–water partition coefficient (Wildman–Crippen LogP) is 2.35. The van der Waals surface area contributed by atoms with Crippen LogP contribution in [0.3, 0.4) is 0 Å². The van der Waals surface area contributed by atoms with Gasteiger partial charge in [-0.3, -0.25) is 0 Å². The van der Waals surface area contributed by atoms with Crippen LogP contribution in [0.15, 0.2) is 10.7 Å². The van der Waals surface area contributed by atoms with Crippen molar-refractivity contribution >= 4 is 11.8 Å². The molecule has 1 saturated heterocycles. The van der Waals surface area contributed by atoms with Crippen molar-refractivity contribution in [1.82, 2.24) is 4.98 Å². The van der Waals surface area contributed by atoms with Crippen LogP contribution in [0, 0.1) is 0 Å². The van der Waals surface area contributed by atoms with Gasteiger partial charge in [-0.25, -0.2) is 4.98 Å². The fraction of sp³-hybridized carbons (Fsp3) is 0.727. The molecular formula is C11H18N2OS. The Kier molecular flexibility index (Phi) is 3.70. The minimum absolute atomic E-state index is 0.306. The molecule has 0 radical (unpaired) electrons. The number of aromatic nitrogens is 1. The predicted molar refractivity (Wildman–Crippen MR) is 63.3 cm³/mol. The summed E-state index contributed by atoms with van der Waals surface area (Å²) in [5.74, 6) is 4.22. The van der Waals surface area contributed by atoms with Gasteiger partial charge in [0.05, 0.1) is 5.69 Å². The first-order valence-electron chi connectivity index (χ1n) is 5.54. The van der Waals surface area contributed by atoms with Crippen LogP contribution in [0.25, 0.3) is 0 Å². The third-order valence-corrected chi connectivity index (χ3v) is 4.02. The molecule has 2 heterocycles. The van der Waals surface area contributed by atoms with Crippen molar-refractivity contribution in [3.05, 3.63) is 17.8 Å². The zero-order valence-electron chi connectivity index (χ0n) is 9.11. The molecule has 1 fully saturated rings. The molecule has 3 nitrogen and oxygen atoms in total. The maximum Gasteiger partial charge on any atom is 0.197 e. The monoisotopic (exact) mass is 226 g/mol. The highest BCUT2D eigenvalue weighted by Crippen LogP contribution is 2.31. The van der Waals surface area contributed by atoms with Gasteiger partial charge in [-0.1, -0.05) is 6.92 Å². The summed E-state index contributed by atoms with van der Waals surface area (Å²) in [6, 6.07) is 0. The van der Waals surface area contributed by atoms with E-state index < -0.39 is 0 Å². The van der Waals surface area contributed by atoms with Crippen LogP contribution in [-0.2, 0) is 0 Å². The third-order valence-electron chi connectivity index (χ3n) is 2.97. The number of hydrogen-bond donors (Lipinski definition) is 1. The number of rotatable bonds is 3. The number of oxazole rings is 1. The molecule has 1 aromatic heterocycles. The van der Waals surface area contributed by atoms with E-state index in [1.807, 2.05) is 11.8 Å². The molecule has 0 spiro atoms. The van der Waals surface area contributed by atoms with E-state index >= 15 is 0 Å². The maximum absolute atomic E-state index is 5.61. The Morgan fingerprint density at radius 1 is 1.60 bits per heavy atom. The molecule has 1 atom stereocenters. The first kappa shape index (κ1) is 11.0. The first-order chi connectivity index (χ1) is 7.31. The van der Waals surface area contributed by atoms with E-state index in [1.54, 1.807) is 6.26 Å². The SMILES string of the molecule is CC(CN)c1coc(C2CCSCC2)n1. The molecule has 0 aliphatic carbocycles. The minimum atomic E-state index is 0.306. The molecule has 84 valence electrons. The lowest BCUT2D eigenvalue weighted by Crippen LogP contribution is -2.11. The third kappa shape index (κ3) is 2.55. The van der Waals surface area contributed by atoms with Gasteiger partial charge in [0.1, 0.15) is 6.26 Å². The average molecular weight is 226 g/mol. The molecule has 15 heavy (non-hydrogen) atoms. The molecule has 2 rings (SSSR count). The molecule has 1 aromatic rings. The zero-order chi connectivity index (χ0) is 10.7. The van der Waals surface area contributed by atoms with E-state index in [4.69, 9.17) is 10.2 Å². The van der Waals surface area contributed by atoms with Gasteiger partial charge in [0.25, 0.3) is 0 Å². The van der Waals surface area contributed by atoms with Gasteiger partial charge in [-0.15, -0.1) is 0 Å². The molecule has 4 heteroatoms. The fourth-order valence-electron chi connectivity index (χ4n) is 1.78. The normalized spacial score (nSPS) is 20.4. The van der Waals surface area contributed by atoms with E-state index in [0.717, 1.165) is 11.6 Å². The minimum Gasteiger partial charge on any atom is -0.448 e. The summed E-state index contributed by atoms with van der Waals surface area (Å²) in [7, 11) is 0. The van der Waals surface area contributed by atoms with Crippen LogP contribution >= 0.6 is 11.8 Å².